The standard InChI is InChI=1S/C32H51N7O8/c1-5-6-7-10-21(32(46)47)18-27(41)38-25(12-9-15-33-38)30(44)36-22-13-14-26(40)24-11-8-16-34-39(24)31(45)20(4)35-29(43)23(17-19(2)3)37-28(22)42/h15,19-25,34H,5-14,16-18H2,1-4H3,(H,35,43)(H,36,44)(H,37,42)(H,46,47)/t20-,21-,22?,23?,24+,25+/m0/s1. The Bertz CT molecular complexity index is 1210. The Kier molecular flexibility index (Phi) is 14.3. The summed E-state index contributed by atoms with van der Waals surface area (Å²) in [5, 5.41) is 24.2. The van der Waals surface area contributed by atoms with Gasteiger partial charge in [-0.05, 0) is 57.8 Å². The second kappa shape index (κ2) is 17.9. The molecule has 2 fully saturated rings. The number of amides is 5. The van der Waals surface area contributed by atoms with Crippen molar-refractivity contribution >= 4 is 47.5 Å². The molecule has 0 aromatic carbocycles. The second-order valence-corrected chi connectivity index (χ2v) is 13.1. The van der Waals surface area contributed by atoms with Crippen LogP contribution in [-0.2, 0) is 33.6 Å². The van der Waals surface area contributed by atoms with Gasteiger partial charge in [0.2, 0.25) is 23.6 Å². The van der Waals surface area contributed by atoms with Crippen molar-refractivity contribution in [2.24, 2.45) is 16.9 Å². The minimum atomic E-state index is -1.24. The number of fused-ring (bicyclic) bond motifs is 1. The molecule has 0 aromatic rings. The normalized spacial score (nSPS) is 26.7. The fourth-order valence-electron chi connectivity index (χ4n) is 6.14. The molecule has 0 saturated carbocycles. The number of hydrogen-bond donors (Lipinski definition) is 5. The summed E-state index contributed by atoms with van der Waals surface area (Å²) >= 11 is 0. The molecule has 15 nitrogen and oxygen atoms in total. The Morgan fingerprint density at radius 1 is 1.06 bits per heavy atom. The Labute approximate surface area is 276 Å². The number of carboxylic acid groups (broad SMARTS) is 1. The van der Waals surface area contributed by atoms with Gasteiger partial charge < -0.3 is 21.1 Å². The summed E-state index contributed by atoms with van der Waals surface area (Å²) in [5.74, 6) is -5.32. The number of Topliss-reactive ketones (excluding diaryl/α,β-unsaturated/α-hetero) is 1. The highest BCUT2D eigenvalue weighted by atomic mass is 16.4. The molecule has 0 bridgehead atoms. The summed E-state index contributed by atoms with van der Waals surface area (Å²) in [7, 11) is 0. The van der Waals surface area contributed by atoms with Gasteiger partial charge in [0.05, 0.1) is 5.92 Å². The Hall–Kier alpha value is -3.88. The first-order valence-corrected chi connectivity index (χ1v) is 16.9. The summed E-state index contributed by atoms with van der Waals surface area (Å²) in [6.45, 7) is 7.76. The van der Waals surface area contributed by atoms with E-state index < -0.39 is 71.6 Å². The fourth-order valence-corrected chi connectivity index (χ4v) is 6.14. The lowest BCUT2D eigenvalue weighted by atomic mass is 9.96. The molecule has 5 amide bonds. The maximum absolute atomic E-state index is 13.7. The monoisotopic (exact) mass is 661 g/mol. The molecule has 5 N–H and O–H groups in total. The van der Waals surface area contributed by atoms with Crippen molar-refractivity contribution < 1.29 is 38.7 Å². The van der Waals surface area contributed by atoms with E-state index in [0.717, 1.165) is 17.9 Å². The number of carbonyl (C=O) groups is 7. The number of rotatable bonds is 11. The van der Waals surface area contributed by atoms with Crippen LogP contribution in [0, 0.1) is 11.8 Å². The van der Waals surface area contributed by atoms with E-state index in [0.29, 0.717) is 38.6 Å². The van der Waals surface area contributed by atoms with Crippen LogP contribution < -0.4 is 21.4 Å². The Balaban J connectivity index is 1.84. The number of ketones is 1. The summed E-state index contributed by atoms with van der Waals surface area (Å²) < 4.78 is 0. The number of unbranched alkanes of at least 4 members (excludes halogenated alkanes) is 2. The Morgan fingerprint density at radius 2 is 1.81 bits per heavy atom. The predicted molar refractivity (Wildman–Crippen MR) is 171 cm³/mol. The molecule has 3 aliphatic rings. The van der Waals surface area contributed by atoms with Crippen LogP contribution in [-0.4, -0.2) is 99.4 Å². The van der Waals surface area contributed by atoms with Gasteiger partial charge in [0.1, 0.15) is 30.2 Å². The zero-order chi connectivity index (χ0) is 34.7. The van der Waals surface area contributed by atoms with Gasteiger partial charge in [-0.1, -0.05) is 40.0 Å². The molecular formula is C32H51N7O8. The molecule has 2 saturated heterocycles. The lowest BCUT2D eigenvalue weighted by Gasteiger charge is -2.37. The number of hydrazone groups is 1. The molecule has 3 rings (SSSR count). The van der Waals surface area contributed by atoms with Gasteiger partial charge >= 0.3 is 5.97 Å². The molecule has 0 aliphatic carbocycles. The molecule has 0 spiro atoms. The highest BCUT2D eigenvalue weighted by Crippen LogP contribution is 2.21. The van der Waals surface area contributed by atoms with Gasteiger partial charge in [-0.15, -0.1) is 0 Å². The number of hydrogen-bond acceptors (Lipinski definition) is 9. The number of nitrogens with one attached hydrogen (secondary N) is 4. The van der Waals surface area contributed by atoms with Crippen molar-refractivity contribution in [2.45, 2.75) is 135 Å². The van der Waals surface area contributed by atoms with E-state index in [1.807, 2.05) is 20.8 Å². The number of carboxylic acids is 1. The quantitative estimate of drug-likeness (QED) is 0.200. The third-order valence-corrected chi connectivity index (χ3v) is 8.79. The number of nitrogens with zero attached hydrogens (tertiary/aromatic N) is 3. The zero-order valence-corrected chi connectivity index (χ0v) is 28.0. The van der Waals surface area contributed by atoms with Crippen LogP contribution in [0.2, 0.25) is 0 Å². The van der Waals surface area contributed by atoms with Crippen molar-refractivity contribution in [3.63, 3.8) is 0 Å². The average Bonchev–Trinajstić information content (AvgIpc) is 3.04. The first-order valence-electron chi connectivity index (χ1n) is 16.9. The molecule has 15 heteroatoms. The van der Waals surface area contributed by atoms with Crippen LogP contribution >= 0.6 is 0 Å². The summed E-state index contributed by atoms with van der Waals surface area (Å²) in [6, 6.07) is -5.12. The van der Waals surface area contributed by atoms with Gasteiger partial charge in [0, 0.05) is 25.6 Å². The van der Waals surface area contributed by atoms with Crippen LogP contribution in [0.25, 0.3) is 0 Å². The number of carbonyl (C=O) groups excluding carboxylic acids is 6. The lowest BCUT2D eigenvalue weighted by Crippen LogP contribution is -2.61. The topological polar surface area (TPSA) is 207 Å². The van der Waals surface area contributed by atoms with Gasteiger partial charge in [-0.3, -0.25) is 38.6 Å². The highest BCUT2D eigenvalue weighted by molar-refractivity contribution is 5.97. The SMILES string of the molecule is CCCCC[C@@H](CC(=O)N1N=CCC[C@@H]1C(=O)NC1CCC(=O)[C@H]2CCCNN2C(=O)[C@H](C)NC(=O)C(CC(C)C)NC1=O)C(=O)O. The molecular weight excluding hydrogens is 610 g/mol. The van der Waals surface area contributed by atoms with Crippen molar-refractivity contribution in [3.05, 3.63) is 0 Å². The second-order valence-electron chi connectivity index (χ2n) is 13.1. The van der Waals surface area contributed by atoms with E-state index in [2.05, 4.69) is 26.5 Å². The van der Waals surface area contributed by atoms with Crippen LogP contribution in [0.5, 0.6) is 0 Å². The minimum absolute atomic E-state index is 0.00762. The van der Waals surface area contributed by atoms with E-state index in [1.54, 1.807) is 0 Å². The van der Waals surface area contributed by atoms with E-state index in [-0.39, 0.29) is 43.8 Å². The van der Waals surface area contributed by atoms with E-state index in [9.17, 15) is 38.7 Å². The van der Waals surface area contributed by atoms with Gasteiger partial charge in [-0.2, -0.15) is 5.10 Å². The molecule has 3 aliphatic heterocycles. The minimum Gasteiger partial charge on any atom is -0.481 e. The average molecular weight is 662 g/mol. The van der Waals surface area contributed by atoms with Crippen LogP contribution in [0.15, 0.2) is 5.10 Å². The van der Waals surface area contributed by atoms with E-state index in [4.69, 9.17) is 0 Å². The smallest absolute Gasteiger partial charge is 0.307 e. The van der Waals surface area contributed by atoms with Crippen LogP contribution in [0.4, 0.5) is 0 Å². The zero-order valence-electron chi connectivity index (χ0n) is 28.0. The summed E-state index contributed by atoms with van der Waals surface area (Å²) in [6.07, 6.45) is 5.51. The Morgan fingerprint density at radius 3 is 2.49 bits per heavy atom. The predicted octanol–water partition coefficient (Wildman–Crippen LogP) is 1.01. The fraction of sp³-hybridized carbons (Fsp3) is 0.750. The molecule has 6 atom stereocenters. The third kappa shape index (κ3) is 10.6. The van der Waals surface area contributed by atoms with Gasteiger partial charge in [0.15, 0.2) is 5.78 Å². The van der Waals surface area contributed by atoms with Crippen molar-refractivity contribution in [1.82, 2.24) is 31.4 Å². The maximum atomic E-state index is 13.7. The molecule has 3 heterocycles. The molecule has 0 aromatic heterocycles. The van der Waals surface area contributed by atoms with Crippen LogP contribution in [0.3, 0.4) is 0 Å². The summed E-state index contributed by atoms with van der Waals surface area (Å²) in [4.78, 5) is 92.6. The van der Waals surface area contributed by atoms with E-state index in [1.165, 1.54) is 18.1 Å². The lowest BCUT2D eigenvalue weighted by molar-refractivity contribution is -0.148. The number of aliphatic carboxylic acids is 1. The highest BCUT2D eigenvalue weighted by Gasteiger charge is 2.39. The molecule has 47 heavy (non-hydrogen) atoms. The van der Waals surface area contributed by atoms with Gasteiger partial charge in [-0.25, -0.2) is 10.4 Å². The van der Waals surface area contributed by atoms with Crippen molar-refractivity contribution in [1.29, 1.82) is 0 Å². The largest absolute Gasteiger partial charge is 0.481 e. The molecule has 0 radical (unpaired) electrons. The third-order valence-electron chi connectivity index (χ3n) is 8.79. The first-order chi connectivity index (χ1) is 22.3. The van der Waals surface area contributed by atoms with Crippen LogP contribution in [0.1, 0.15) is 105 Å². The maximum Gasteiger partial charge on any atom is 0.307 e. The summed E-state index contributed by atoms with van der Waals surface area (Å²) in [5.41, 5.74) is 2.97. The molecule has 262 valence electrons. The van der Waals surface area contributed by atoms with Gasteiger partial charge in [0.25, 0.3) is 5.91 Å². The van der Waals surface area contributed by atoms with Crippen molar-refractivity contribution in [2.75, 3.05) is 6.54 Å². The molecule has 2 unspecified atom stereocenters. The van der Waals surface area contributed by atoms with E-state index >= 15 is 0 Å². The van der Waals surface area contributed by atoms with Crippen molar-refractivity contribution in [3.8, 4) is 0 Å². The number of hydrazine groups is 1. The first kappa shape index (κ1) is 37.6.